The van der Waals surface area contributed by atoms with Crippen LogP contribution in [0.25, 0.3) is 21.7 Å². The number of nitrogens with zero attached hydrogens (tertiary/aromatic N) is 2. The third-order valence-corrected chi connectivity index (χ3v) is 5.73. The molecule has 2 heterocycles. The summed E-state index contributed by atoms with van der Waals surface area (Å²) in [7, 11) is 0. The van der Waals surface area contributed by atoms with Gasteiger partial charge in [-0.2, -0.15) is 0 Å². The van der Waals surface area contributed by atoms with Gasteiger partial charge in [0.2, 0.25) is 0 Å². The second-order valence-corrected chi connectivity index (χ2v) is 7.65. The van der Waals surface area contributed by atoms with Crippen LogP contribution in [0.5, 0.6) is 0 Å². The Bertz CT molecular complexity index is 1090. The first-order valence-electron chi connectivity index (χ1n) is 10.3. The van der Waals surface area contributed by atoms with Gasteiger partial charge in [0.1, 0.15) is 0 Å². The summed E-state index contributed by atoms with van der Waals surface area (Å²) in [5.74, 6) is 0. The second kappa shape index (κ2) is 7.51. The molecule has 0 spiro atoms. The highest BCUT2D eigenvalue weighted by Crippen LogP contribution is 2.30. The van der Waals surface area contributed by atoms with Crippen molar-refractivity contribution in [3.05, 3.63) is 72.9 Å². The fraction of sp³-hybridized carbons (Fsp3) is 0.240. The molecule has 3 aromatic carbocycles. The van der Waals surface area contributed by atoms with Gasteiger partial charge in [-0.1, -0.05) is 37.1 Å². The first-order valence-corrected chi connectivity index (χ1v) is 10.3. The molecule has 3 nitrogen and oxygen atoms in total. The molecule has 0 amide bonds. The lowest BCUT2D eigenvalue weighted by molar-refractivity contribution is 0.726. The number of fused-ring (bicyclic) bond motifs is 2. The van der Waals surface area contributed by atoms with Crippen molar-refractivity contribution in [2.24, 2.45) is 0 Å². The molecule has 0 aliphatic carbocycles. The fourth-order valence-corrected chi connectivity index (χ4v) is 4.18. The van der Waals surface area contributed by atoms with Gasteiger partial charge in [-0.3, -0.25) is 4.98 Å². The van der Waals surface area contributed by atoms with Crippen molar-refractivity contribution >= 4 is 38.7 Å². The van der Waals surface area contributed by atoms with Crippen LogP contribution in [-0.4, -0.2) is 18.1 Å². The highest BCUT2D eigenvalue weighted by atomic mass is 15.1. The molecule has 5 rings (SSSR count). The van der Waals surface area contributed by atoms with Crippen molar-refractivity contribution in [3.8, 4) is 0 Å². The number of benzene rings is 3. The number of aromatic nitrogens is 1. The molecule has 1 N–H and O–H groups in total. The van der Waals surface area contributed by atoms with E-state index >= 15 is 0 Å². The zero-order valence-corrected chi connectivity index (χ0v) is 16.1. The Morgan fingerprint density at radius 3 is 2.21 bits per heavy atom. The normalized spacial score (nSPS) is 14.9. The SMILES string of the molecule is c1ccc2cc3c(Nc4ccc(N5CCCCCC5)cc4)ccnc3cc2c1. The summed E-state index contributed by atoms with van der Waals surface area (Å²) in [6, 6.07) is 23.8. The van der Waals surface area contributed by atoms with E-state index in [1.165, 1.54) is 55.2 Å². The number of nitrogens with one attached hydrogen (secondary N) is 1. The third kappa shape index (κ3) is 3.40. The van der Waals surface area contributed by atoms with Crippen LogP contribution >= 0.6 is 0 Å². The van der Waals surface area contributed by atoms with Gasteiger partial charge in [-0.05, 0) is 66.1 Å². The van der Waals surface area contributed by atoms with Crippen LogP contribution in [0.2, 0.25) is 0 Å². The van der Waals surface area contributed by atoms with E-state index in [0.717, 1.165) is 22.3 Å². The predicted octanol–water partition coefficient (Wildman–Crippen LogP) is 6.51. The Morgan fingerprint density at radius 2 is 1.46 bits per heavy atom. The molecule has 1 fully saturated rings. The van der Waals surface area contributed by atoms with Gasteiger partial charge in [-0.15, -0.1) is 0 Å². The molecule has 0 saturated carbocycles. The van der Waals surface area contributed by atoms with E-state index in [9.17, 15) is 0 Å². The maximum absolute atomic E-state index is 4.57. The topological polar surface area (TPSA) is 28.2 Å². The summed E-state index contributed by atoms with van der Waals surface area (Å²) in [6.07, 6.45) is 7.21. The van der Waals surface area contributed by atoms with E-state index in [-0.39, 0.29) is 0 Å². The lowest BCUT2D eigenvalue weighted by Gasteiger charge is -2.23. The van der Waals surface area contributed by atoms with E-state index in [2.05, 4.69) is 81.9 Å². The summed E-state index contributed by atoms with van der Waals surface area (Å²) in [4.78, 5) is 7.09. The van der Waals surface area contributed by atoms with Gasteiger partial charge in [-0.25, -0.2) is 0 Å². The molecule has 0 bridgehead atoms. The summed E-state index contributed by atoms with van der Waals surface area (Å²) in [6.45, 7) is 2.35. The first kappa shape index (κ1) is 17.1. The van der Waals surface area contributed by atoms with Crippen molar-refractivity contribution in [2.45, 2.75) is 25.7 Å². The number of pyridine rings is 1. The van der Waals surface area contributed by atoms with E-state index in [1.807, 2.05) is 6.20 Å². The highest BCUT2D eigenvalue weighted by molar-refractivity contribution is 6.02. The Balaban J connectivity index is 1.44. The molecule has 28 heavy (non-hydrogen) atoms. The molecule has 1 aliphatic heterocycles. The highest BCUT2D eigenvalue weighted by Gasteiger charge is 2.10. The monoisotopic (exact) mass is 367 g/mol. The van der Waals surface area contributed by atoms with Gasteiger partial charge in [0.15, 0.2) is 0 Å². The van der Waals surface area contributed by atoms with Gasteiger partial charge in [0.25, 0.3) is 0 Å². The standard InChI is InChI=1S/C25H25N3/c1-2-6-16-28(15-5-1)22-11-9-21(10-12-22)27-24-13-14-26-25-18-20-8-4-3-7-19(20)17-23(24)25/h3-4,7-14,17-18H,1-2,5-6,15-16H2,(H,26,27). The smallest absolute Gasteiger partial charge is 0.0729 e. The number of hydrogen-bond acceptors (Lipinski definition) is 3. The minimum absolute atomic E-state index is 1.02. The van der Waals surface area contributed by atoms with Crippen LogP contribution < -0.4 is 10.2 Å². The van der Waals surface area contributed by atoms with E-state index in [1.54, 1.807) is 0 Å². The van der Waals surface area contributed by atoms with E-state index < -0.39 is 0 Å². The average Bonchev–Trinajstić information content (AvgIpc) is 3.03. The number of hydrogen-bond donors (Lipinski definition) is 1. The molecule has 0 atom stereocenters. The third-order valence-electron chi connectivity index (χ3n) is 5.73. The maximum atomic E-state index is 4.57. The van der Waals surface area contributed by atoms with Crippen LogP contribution in [0.1, 0.15) is 25.7 Å². The van der Waals surface area contributed by atoms with Crippen molar-refractivity contribution in [3.63, 3.8) is 0 Å². The largest absolute Gasteiger partial charge is 0.372 e. The van der Waals surface area contributed by atoms with Gasteiger partial charge < -0.3 is 10.2 Å². The minimum atomic E-state index is 1.02. The van der Waals surface area contributed by atoms with E-state index in [4.69, 9.17) is 0 Å². The summed E-state index contributed by atoms with van der Waals surface area (Å²) in [5, 5.41) is 7.21. The van der Waals surface area contributed by atoms with Crippen LogP contribution in [-0.2, 0) is 0 Å². The molecular weight excluding hydrogens is 342 g/mol. The van der Waals surface area contributed by atoms with Crippen LogP contribution in [0, 0.1) is 0 Å². The van der Waals surface area contributed by atoms with Gasteiger partial charge in [0.05, 0.1) is 5.52 Å². The lowest BCUT2D eigenvalue weighted by Crippen LogP contribution is -2.23. The Labute approximate surface area is 166 Å². The summed E-state index contributed by atoms with van der Waals surface area (Å²) < 4.78 is 0. The molecular formula is C25H25N3. The molecule has 4 aromatic rings. The molecule has 3 heteroatoms. The Hall–Kier alpha value is -3.07. The van der Waals surface area contributed by atoms with Gasteiger partial charge >= 0.3 is 0 Å². The van der Waals surface area contributed by atoms with Crippen LogP contribution in [0.15, 0.2) is 72.9 Å². The summed E-state index contributed by atoms with van der Waals surface area (Å²) >= 11 is 0. The molecule has 0 unspecified atom stereocenters. The predicted molar refractivity (Wildman–Crippen MR) is 120 cm³/mol. The average molecular weight is 367 g/mol. The van der Waals surface area contributed by atoms with Crippen molar-refractivity contribution in [1.29, 1.82) is 0 Å². The van der Waals surface area contributed by atoms with Crippen molar-refractivity contribution < 1.29 is 0 Å². The zero-order valence-electron chi connectivity index (χ0n) is 16.1. The van der Waals surface area contributed by atoms with Gasteiger partial charge in [0, 0.05) is 41.7 Å². The first-order chi connectivity index (χ1) is 13.9. The quantitative estimate of drug-likeness (QED) is 0.418. The molecule has 0 radical (unpaired) electrons. The summed E-state index contributed by atoms with van der Waals surface area (Å²) in [5.41, 5.74) is 4.56. The number of anilines is 3. The second-order valence-electron chi connectivity index (χ2n) is 7.65. The van der Waals surface area contributed by atoms with Crippen LogP contribution in [0.4, 0.5) is 17.1 Å². The Kier molecular flexibility index (Phi) is 4.58. The molecule has 1 aromatic heterocycles. The Morgan fingerprint density at radius 1 is 0.750 bits per heavy atom. The minimum Gasteiger partial charge on any atom is -0.372 e. The van der Waals surface area contributed by atoms with Crippen molar-refractivity contribution in [1.82, 2.24) is 4.98 Å². The van der Waals surface area contributed by atoms with Crippen molar-refractivity contribution in [2.75, 3.05) is 23.3 Å². The molecule has 140 valence electrons. The number of rotatable bonds is 3. The fourth-order valence-electron chi connectivity index (χ4n) is 4.18. The van der Waals surface area contributed by atoms with Crippen LogP contribution in [0.3, 0.4) is 0 Å². The lowest BCUT2D eigenvalue weighted by atomic mass is 10.1. The molecule has 1 saturated heterocycles. The molecule has 1 aliphatic rings. The maximum Gasteiger partial charge on any atom is 0.0729 e. The van der Waals surface area contributed by atoms with E-state index in [0.29, 0.717) is 0 Å². The zero-order chi connectivity index (χ0) is 18.8.